The van der Waals surface area contributed by atoms with Crippen molar-refractivity contribution in [2.24, 2.45) is 0 Å². The average Bonchev–Trinajstić information content (AvgIpc) is 2.50. The van der Waals surface area contributed by atoms with Gasteiger partial charge in [-0.05, 0) is 26.8 Å². The minimum absolute atomic E-state index is 0.0694. The molecular weight excluding hydrogens is 344 g/mol. The minimum Gasteiger partial charge on any atom is -0.544 e. The lowest BCUT2D eigenvalue weighted by atomic mass is 10.0. The molecule has 6 nitrogen and oxygen atoms in total. The maximum atomic E-state index is 10.9. The molecule has 0 amide bonds. The van der Waals surface area contributed by atoms with Crippen LogP contribution in [-0.4, -0.2) is 61.3 Å². The standard InChI is InChI=1S/C16H33NO2.C5H11NO2/c1-4-5-6-7-8-9-10-11-12-13-14-17-16(2,3)15(18)19;1-6(2,3)4-5(7)8/h17H,4-14H2,1-3H3,(H,18,19);4H2,1-3H3. The van der Waals surface area contributed by atoms with Crippen molar-refractivity contribution in [3.8, 4) is 0 Å². The van der Waals surface area contributed by atoms with Gasteiger partial charge in [-0.1, -0.05) is 64.7 Å². The van der Waals surface area contributed by atoms with Crippen LogP contribution in [0, 0.1) is 0 Å². The second kappa shape index (κ2) is 15.9. The van der Waals surface area contributed by atoms with Gasteiger partial charge in [-0.3, -0.25) is 4.79 Å². The third kappa shape index (κ3) is 22.8. The summed E-state index contributed by atoms with van der Waals surface area (Å²) in [7, 11) is 5.40. The fourth-order valence-corrected chi connectivity index (χ4v) is 2.48. The Morgan fingerprint density at radius 2 is 1.30 bits per heavy atom. The summed E-state index contributed by atoms with van der Waals surface area (Å²) in [6, 6.07) is 0. The van der Waals surface area contributed by atoms with E-state index in [0.29, 0.717) is 4.48 Å². The van der Waals surface area contributed by atoms with Crippen LogP contribution in [0.1, 0.15) is 85.0 Å². The van der Waals surface area contributed by atoms with E-state index in [2.05, 4.69) is 12.2 Å². The number of carbonyl (C=O) groups is 2. The number of aliphatic carboxylic acids is 2. The summed E-state index contributed by atoms with van der Waals surface area (Å²) in [6.45, 7) is 6.55. The first-order valence-corrected chi connectivity index (χ1v) is 10.4. The second-order valence-electron chi connectivity index (χ2n) is 8.86. The van der Waals surface area contributed by atoms with Gasteiger partial charge in [0, 0.05) is 0 Å². The summed E-state index contributed by atoms with van der Waals surface area (Å²) >= 11 is 0. The van der Waals surface area contributed by atoms with E-state index in [9.17, 15) is 14.7 Å². The van der Waals surface area contributed by atoms with Crippen molar-refractivity contribution in [2.75, 3.05) is 34.2 Å². The van der Waals surface area contributed by atoms with Crippen LogP contribution >= 0.6 is 0 Å². The van der Waals surface area contributed by atoms with Crippen LogP contribution in [0.25, 0.3) is 0 Å². The molecule has 0 atom stereocenters. The van der Waals surface area contributed by atoms with E-state index in [1.165, 1.54) is 57.8 Å². The molecule has 2 N–H and O–H groups in total. The number of hydrogen-bond donors (Lipinski definition) is 2. The highest BCUT2D eigenvalue weighted by atomic mass is 16.4. The SMILES string of the molecule is CCCCCCCCCCCCNC(C)(C)C(=O)O.C[N+](C)(C)CC(=O)[O-]. The molecule has 162 valence electrons. The predicted octanol–water partition coefficient (Wildman–Crippen LogP) is 2.80. The van der Waals surface area contributed by atoms with Crippen LogP contribution in [0.15, 0.2) is 0 Å². The molecule has 0 saturated heterocycles. The maximum Gasteiger partial charge on any atom is 0.323 e. The number of likely N-dealkylation sites (N-methyl/N-ethyl adjacent to an activating group) is 1. The molecule has 0 bridgehead atoms. The molecular formula is C21H44N2O4. The molecule has 0 fully saturated rings. The first kappa shape index (κ1) is 28.1. The number of rotatable bonds is 15. The fourth-order valence-electron chi connectivity index (χ4n) is 2.48. The second-order valence-corrected chi connectivity index (χ2v) is 8.86. The van der Waals surface area contributed by atoms with E-state index in [1.807, 2.05) is 0 Å². The molecule has 0 aromatic heterocycles. The summed E-state index contributed by atoms with van der Waals surface area (Å²) in [6.07, 6.45) is 13.1. The Morgan fingerprint density at radius 1 is 0.889 bits per heavy atom. The summed E-state index contributed by atoms with van der Waals surface area (Å²) in [5.41, 5.74) is -0.792. The lowest BCUT2D eigenvalue weighted by Gasteiger charge is -2.23. The van der Waals surface area contributed by atoms with E-state index in [4.69, 9.17) is 5.11 Å². The minimum atomic E-state index is -1.00. The fraction of sp³-hybridized carbons (Fsp3) is 0.905. The van der Waals surface area contributed by atoms with Gasteiger partial charge in [-0.2, -0.15) is 0 Å². The van der Waals surface area contributed by atoms with Gasteiger partial charge in [0.15, 0.2) is 0 Å². The van der Waals surface area contributed by atoms with Crippen molar-refractivity contribution in [3.05, 3.63) is 0 Å². The first-order valence-electron chi connectivity index (χ1n) is 10.4. The summed E-state index contributed by atoms with van der Waals surface area (Å²) < 4.78 is 0.419. The van der Waals surface area contributed by atoms with Crippen molar-refractivity contribution >= 4 is 11.9 Å². The highest BCUT2D eigenvalue weighted by Gasteiger charge is 2.25. The monoisotopic (exact) mass is 388 g/mol. The van der Waals surface area contributed by atoms with E-state index >= 15 is 0 Å². The Balaban J connectivity index is 0. The molecule has 0 aromatic rings. The molecule has 0 aromatic carbocycles. The van der Waals surface area contributed by atoms with Crippen LogP contribution in [-0.2, 0) is 9.59 Å². The lowest BCUT2D eigenvalue weighted by Crippen LogP contribution is -2.46. The Bertz CT molecular complexity index is 390. The molecule has 0 rings (SSSR count). The molecule has 0 aliphatic carbocycles. The Hall–Kier alpha value is -1.14. The number of quaternary nitrogens is 1. The van der Waals surface area contributed by atoms with E-state index < -0.39 is 17.5 Å². The smallest absolute Gasteiger partial charge is 0.323 e. The molecule has 27 heavy (non-hydrogen) atoms. The van der Waals surface area contributed by atoms with Crippen LogP contribution in [0.3, 0.4) is 0 Å². The number of carboxylic acid groups (broad SMARTS) is 2. The summed E-state index contributed by atoms with van der Waals surface area (Å²) in [4.78, 5) is 20.8. The Morgan fingerprint density at radius 3 is 1.59 bits per heavy atom. The largest absolute Gasteiger partial charge is 0.544 e. The van der Waals surface area contributed by atoms with Gasteiger partial charge < -0.3 is 24.8 Å². The summed E-state index contributed by atoms with van der Waals surface area (Å²) in [5, 5.41) is 21.9. The zero-order chi connectivity index (χ0) is 21.3. The van der Waals surface area contributed by atoms with Crippen LogP contribution < -0.4 is 10.4 Å². The lowest BCUT2D eigenvalue weighted by molar-refractivity contribution is -0.864. The van der Waals surface area contributed by atoms with Crippen molar-refractivity contribution in [1.82, 2.24) is 5.32 Å². The molecule has 0 aliphatic heterocycles. The number of carbonyl (C=O) groups excluding carboxylic acids is 1. The molecule has 0 aliphatic rings. The normalized spacial score (nSPS) is 11.6. The first-order chi connectivity index (χ1) is 12.4. The third-order valence-electron chi connectivity index (χ3n) is 4.24. The number of nitrogens with zero attached hydrogens (tertiary/aromatic N) is 1. The number of hydrogen-bond acceptors (Lipinski definition) is 4. The molecule has 0 radical (unpaired) electrons. The maximum absolute atomic E-state index is 10.9. The Labute approximate surface area is 166 Å². The average molecular weight is 389 g/mol. The van der Waals surface area contributed by atoms with E-state index in [-0.39, 0.29) is 6.54 Å². The van der Waals surface area contributed by atoms with Crippen LogP contribution in [0.4, 0.5) is 0 Å². The Kier molecular flexibility index (Phi) is 16.5. The van der Waals surface area contributed by atoms with Gasteiger partial charge >= 0.3 is 5.97 Å². The number of unbranched alkanes of at least 4 members (excludes halogenated alkanes) is 9. The van der Waals surface area contributed by atoms with Gasteiger partial charge in [-0.15, -0.1) is 0 Å². The number of carboxylic acids is 2. The van der Waals surface area contributed by atoms with Gasteiger partial charge in [0.05, 0.1) is 27.1 Å². The molecule has 0 unspecified atom stereocenters. The molecule has 0 spiro atoms. The van der Waals surface area contributed by atoms with Gasteiger partial charge in [0.25, 0.3) is 0 Å². The van der Waals surface area contributed by atoms with Crippen molar-refractivity contribution < 1.29 is 24.3 Å². The van der Waals surface area contributed by atoms with Gasteiger partial charge in [0.1, 0.15) is 12.1 Å². The van der Waals surface area contributed by atoms with Crippen molar-refractivity contribution in [3.63, 3.8) is 0 Å². The van der Waals surface area contributed by atoms with Gasteiger partial charge in [0.2, 0.25) is 0 Å². The molecule has 0 heterocycles. The van der Waals surface area contributed by atoms with Crippen molar-refractivity contribution in [1.29, 1.82) is 0 Å². The topological polar surface area (TPSA) is 89.5 Å². The predicted molar refractivity (Wildman–Crippen MR) is 109 cm³/mol. The van der Waals surface area contributed by atoms with E-state index in [1.54, 1.807) is 35.0 Å². The highest BCUT2D eigenvalue weighted by Crippen LogP contribution is 2.10. The third-order valence-corrected chi connectivity index (χ3v) is 4.24. The summed E-state index contributed by atoms with van der Waals surface area (Å²) in [5.74, 6) is -1.78. The van der Waals surface area contributed by atoms with E-state index in [0.717, 1.165) is 13.0 Å². The van der Waals surface area contributed by atoms with Crippen LogP contribution in [0.5, 0.6) is 0 Å². The highest BCUT2D eigenvalue weighted by molar-refractivity contribution is 5.77. The van der Waals surface area contributed by atoms with Gasteiger partial charge in [-0.25, -0.2) is 0 Å². The van der Waals surface area contributed by atoms with Crippen molar-refractivity contribution in [2.45, 2.75) is 90.5 Å². The quantitative estimate of drug-likeness (QED) is 0.333. The van der Waals surface area contributed by atoms with Crippen LogP contribution in [0.2, 0.25) is 0 Å². The zero-order valence-electron chi connectivity index (χ0n) is 18.6. The number of nitrogens with one attached hydrogen (secondary N) is 1. The zero-order valence-corrected chi connectivity index (χ0v) is 18.6. The molecule has 6 heteroatoms. The molecule has 0 saturated carbocycles.